The molecule has 2 nitrogen and oxygen atoms in total. The lowest BCUT2D eigenvalue weighted by Crippen LogP contribution is -2.21. The van der Waals surface area contributed by atoms with Gasteiger partial charge < -0.3 is 4.74 Å². The third-order valence-corrected chi connectivity index (χ3v) is 7.86. The first kappa shape index (κ1) is 24.9. The Balaban J connectivity index is 1.49. The van der Waals surface area contributed by atoms with E-state index in [0.29, 0.717) is 5.56 Å². The number of benzene rings is 3. The number of carbonyl (C=O) groups excluding carboxylic acids is 1. The first-order valence-electron chi connectivity index (χ1n) is 12.1. The second-order valence-corrected chi connectivity index (χ2v) is 11.9. The van der Waals surface area contributed by atoms with Crippen molar-refractivity contribution >= 4 is 17.3 Å². The van der Waals surface area contributed by atoms with Crippen molar-refractivity contribution in [3.05, 3.63) is 118 Å². The van der Waals surface area contributed by atoms with E-state index < -0.39 is 0 Å². The number of hydrogen-bond donors (Lipinski definition) is 0. The van der Waals surface area contributed by atoms with Crippen LogP contribution in [0.5, 0.6) is 0 Å². The van der Waals surface area contributed by atoms with E-state index in [2.05, 4.69) is 77.1 Å². The second-order valence-electron chi connectivity index (χ2n) is 10.8. The Morgan fingerprint density at radius 3 is 2.20 bits per heavy atom. The van der Waals surface area contributed by atoms with Crippen molar-refractivity contribution in [3.8, 4) is 10.4 Å². The van der Waals surface area contributed by atoms with Crippen LogP contribution in [-0.2, 0) is 28.6 Å². The summed E-state index contributed by atoms with van der Waals surface area (Å²) in [6, 6.07) is 31.0. The highest BCUT2D eigenvalue weighted by molar-refractivity contribution is 7.15. The van der Waals surface area contributed by atoms with Gasteiger partial charge in [0.2, 0.25) is 0 Å². The number of thiophene rings is 1. The monoisotopic (exact) mass is 482 g/mol. The van der Waals surface area contributed by atoms with Crippen LogP contribution >= 0.6 is 11.3 Å². The van der Waals surface area contributed by atoms with Crippen LogP contribution in [0, 0.1) is 0 Å². The van der Waals surface area contributed by atoms with Crippen LogP contribution in [0.3, 0.4) is 0 Å². The molecular formula is C32H34O2S. The molecule has 0 amide bonds. The zero-order valence-corrected chi connectivity index (χ0v) is 22.1. The fourth-order valence-corrected chi connectivity index (χ4v) is 5.28. The second kappa shape index (κ2) is 10.2. The summed E-state index contributed by atoms with van der Waals surface area (Å²) >= 11 is 1.87. The summed E-state index contributed by atoms with van der Waals surface area (Å²) < 4.78 is 5.55. The van der Waals surface area contributed by atoms with Gasteiger partial charge in [0, 0.05) is 9.75 Å². The summed E-state index contributed by atoms with van der Waals surface area (Å²) in [6.07, 6.45) is 0.876. The normalized spacial score (nSPS) is 11.9. The minimum absolute atomic E-state index is 0.139. The molecule has 0 N–H and O–H groups in total. The molecule has 4 rings (SSSR count). The van der Waals surface area contributed by atoms with Crippen molar-refractivity contribution in [2.75, 3.05) is 0 Å². The number of ether oxygens (including phenoxy) is 1. The Bertz CT molecular complexity index is 1290. The highest BCUT2D eigenvalue weighted by Crippen LogP contribution is 2.36. The van der Waals surface area contributed by atoms with Crippen molar-refractivity contribution in [1.82, 2.24) is 0 Å². The van der Waals surface area contributed by atoms with E-state index in [4.69, 9.17) is 4.74 Å². The summed E-state index contributed by atoms with van der Waals surface area (Å²) in [5, 5.41) is 0. The Morgan fingerprint density at radius 1 is 0.771 bits per heavy atom. The van der Waals surface area contributed by atoms with Crippen molar-refractivity contribution < 1.29 is 9.53 Å². The predicted molar refractivity (Wildman–Crippen MR) is 147 cm³/mol. The molecule has 0 aliphatic carbocycles. The van der Waals surface area contributed by atoms with Gasteiger partial charge in [0.1, 0.15) is 6.61 Å². The van der Waals surface area contributed by atoms with E-state index in [1.54, 1.807) is 0 Å². The van der Waals surface area contributed by atoms with Crippen molar-refractivity contribution in [1.29, 1.82) is 0 Å². The number of rotatable bonds is 7. The quantitative estimate of drug-likeness (QED) is 0.247. The highest BCUT2D eigenvalue weighted by atomic mass is 32.1. The minimum atomic E-state index is -0.291. The van der Waals surface area contributed by atoms with Gasteiger partial charge >= 0.3 is 5.97 Å². The van der Waals surface area contributed by atoms with E-state index in [1.165, 1.54) is 20.9 Å². The van der Waals surface area contributed by atoms with Crippen molar-refractivity contribution in [2.24, 2.45) is 0 Å². The fraction of sp³-hybridized carbons (Fsp3) is 0.281. The lowest BCUT2D eigenvalue weighted by Gasteiger charge is -2.26. The maximum Gasteiger partial charge on any atom is 0.338 e. The molecule has 3 aromatic carbocycles. The van der Waals surface area contributed by atoms with Gasteiger partial charge in [-0.25, -0.2) is 4.79 Å². The Labute approximate surface area is 213 Å². The standard InChI is InChI=1S/C32H34O2S/c1-31(2,3)29-18-17-28(35-29)25-14-9-13-24(19-25)21-32(4,5)27-16-10-15-26(20-27)30(33)34-22-23-11-7-6-8-12-23/h6-20H,21-22H2,1-5H3. The van der Waals surface area contributed by atoms with E-state index in [1.807, 2.05) is 59.9 Å². The zero-order valence-electron chi connectivity index (χ0n) is 21.3. The molecule has 180 valence electrons. The number of esters is 1. The largest absolute Gasteiger partial charge is 0.457 e. The number of carbonyl (C=O) groups is 1. The van der Waals surface area contributed by atoms with Crippen LogP contribution in [0.25, 0.3) is 10.4 Å². The molecule has 4 aromatic rings. The van der Waals surface area contributed by atoms with E-state index in [9.17, 15) is 4.79 Å². The maximum absolute atomic E-state index is 12.7. The summed E-state index contributed by atoms with van der Waals surface area (Å²) in [7, 11) is 0. The van der Waals surface area contributed by atoms with Gasteiger partial charge in [-0.3, -0.25) is 0 Å². The smallest absolute Gasteiger partial charge is 0.338 e. The van der Waals surface area contributed by atoms with Gasteiger partial charge in [-0.05, 0) is 63.8 Å². The van der Waals surface area contributed by atoms with Gasteiger partial charge in [0.15, 0.2) is 0 Å². The van der Waals surface area contributed by atoms with E-state index in [0.717, 1.165) is 17.5 Å². The van der Waals surface area contributed by atoms with Crippen LogP contribution in [0.4, 0.5) is 0 Å². The summed E-state index contributed by atoms with van der Waals surface area (Å²) in [4.78, 5) is 15.4. The first-order chi connectivity index (χ1) is 16.6. The molecular weight excluding hydrogens is 448 g/mol. The Hall–Kier alpha value is -3.17. The third kappa shape index (κ3) is 6.29. The molecule has 0 saturated carbocycles. The Morgan fingerprint density at radius 2 is 1.49 bits per heavy atom. The maximum atomic E-state index is 12.7. The van der Waals surface area contributed by atoms with Crippen LogP contribution in [0.1, 0.15) is 66.5 Å². The molecule has 0 fully saturated rings. The molecule has 0 unspecified atom stereocenters. The first-order valence-corrected chi connectivity index (χ1v) is 12.9. The molecule has 1 heterocycles. The van der Waals surface area contributed by atoms with Gasteiger partial charge in [-0.15, -0.1) is 11.3 Å². The minimum Gasteiger partial charge on any atom is -0.457 e. The van der Waals surface area contributed by atoms with Crippen molar-refractivity contribution in [3.63, 3.8) is 0 Å². The topological polar surface area (TPSA) is 26.3 Å². The van der Waals surface area contributed by atoms with Crippen LogP contribution in [0.15, 0.2) is 91.0 Å². The molecule has 0 saturated heterocycles. The Kier molecular flexibility index (Phi) is 7.28. The van der Waals surface area contributed by atoms with E-state index in [-0.39, 0.29) is 23.4 Å². The SMILES string of the molecule is CC(C)(C)c1ccc(-c2cccc(CC(C)(C)c3cccc(C(=O)OCc4ccccc4)c3)c2)s1. The van der Waals surface area contributed by atoms with Crippen molar-refractivity contribution in [2.45, 2.75) is 58.5 Å². The summed E-state index contributed by atoms with van der Waals surface area (Å²) in [5.74, 6) is -0.291. The van der Waals surface area contributed by atoms with Crippen LogP contribution in [-0.4, -0.2) is 5.97 Å². The van der Waals surface area contributed by atoms with Crippen LogP contribution in [0.2, 0.25) is 0 Å². The fourth-order valence-electron chi connectivity index (χ4n) is 4.22. The molecule has 0 aliphatic rings. The molecule has 0 spiro atoms. The molecule has 1 aromatic heterocycles. The average Bonchev–Trinajstić information content (AvgIpc) is 3.34. The predicted octanol–water partition coefficient (Wildman–Crippen LogP) is 8.59. The zero-order chi connectivity index (χ0) is 25.1. The lowest BCUT2D eigenvalue weighted by molar-refractivity contribution is 0.0472. The third-order valence-electron chi connectivity index (χ3n) is 6.30. The average molecular weight is 483 g/mol. The summed E-state index contributed by atoms with van der Waals surface area (Å²) in [5.41, 5.74) is 5.28. The summed E-state index contributed by atoms with van der Waals surface area (Å²) in [6.45, 7) is 11.5. The molecule has 0 atom stereocenters. The van der Waals surface area contributed by atoms with Gasteiger partial charge in [0.25, 0.3) is 0 Å². The molecule has 0 bridgehead atoms. The highest BCUT2D eigenvalue weighted by Gasteiger charge is 2.23. The molecule has 0 radical (unpaired) electrons. The van der Waals surface area contributed by atoms with Gasteiger partial charge in [0.05, 0.1) is 5.56 Å². The van der Waals surface area contributed by atoms with Gasteiger partial charge in [-0.2, -0.15) is 0 Å². The lowest BCUT2D eigenvalue weighted by atomic mass is 9.78. The van der Waals surface area contributed by atoms with Gasteiger partial charge in [-0.1, -0.05) is 101 Å². The van der Waals surface area contributed by atoms with Crippen LogP contribution < -0.4 is 0 Å². The number of hydrogen-bond acceptors (Lipinski definition) is 3. The molecule has 3 heteroatoms. The molecule has 35 heavy (non-hydrogen) atoms. The molecule has 0 aliphatic heterocycles. The van der Waals surface area contributed by atoms with E-state index >= 15 is 0 Å².